The summed E-state index contributed by atoms with van der Waals surface area (Å²) >= 11 is 5.71. The number of phenols is 1. The molecule has 1 amide bonds. The van der Waals surface area contributed by atoms with Crippen LogP contribution in [0.2, 0.25) is 5.02 Å². The first-order valence-electron chi connectivity index (χ1n) is 8.18. The third kappa shape index (κ3) is 5.56. The van der Waals surface area contributed by atoms with Crippen molar-refractivity contribution in [3.8, 4) is 5.75 Å². The number of aromatic hydroxyl groups is 1. The molecule has 2 aromatic carbocycles. The predicted molar refractivity (Wildman–Crippen MR) is 102 cm³/mol. The second kappa shape index (κ2) is 8.22. The molecule has 0 atom stereocenters. The minimum atomic E-state index is -0.827. The van der Waals surface area contributed by atoms with Crippen LogP contribution in [0.3, 0.4) is 0 Å². The van der Waals surface area contributed by atoms with Crippen molar-refractivity contribution in [3.05, 3.63) is 58.6 Å². The zero-order valence-corrected chi connectivity index (χ0v) is 16.0. The molecule has 0 saturated heterocycles. The number of esters is 1. The molecule has 0 spiro atoms. The highest BCUT2D eigenvalue weighted by Gasteiger charge is 2.21. The Morgan fingerprint density at radius 3 is 2.26 bits per heavy atom. The van der Waals surface area contributed by atoms with Gasteiger partial charge >= 0.3 is 5.97 Å². The van der Waals surface area contributed by atoms with E-state index in [0.717, 1.165) is 0 Å². The number of carbonyl (C=O) groups is 3. The number of nitrogens with one attached hydrogen (secondary N) is 1. The van der Waals surface area contributed by atoms with E-state index in [0.29, 0.717) is 11.3 Å². The van der Waals surface area contributed by atoms with Gasteiger partial charge in [-0.05, 0) is 42.5 Å². The average molecular weight is 390 g/mol. The Kier molecular flexibility index (Phi) is 6.23. The van der Waals surface area contributed by atoms with Crippen LogP contribution in [0.1, 0.15) is 41.5 Å². The third-order valence-corrected chi connectivity index (χ3v) is 3.90. The maximum atomic E-state index is 12.2. The molecular formula is C20H20ClNO5. The normalized spacial score (nSPS) is 11.0. The summed E-state index contributed by atoms with van der Waals surface area (Å²) in [7, 11) is 0. The van der Waals surface area contributed by atoms with Crippen LogP contribution >= 0.6 is 11.6 Å². The smallest absolute Gasteiger partial charge is 0.342 e. The topological polar surface area (TPSA) is 92.7 Å². The van der Waals surface area contributed by atoms with Crippen LogP contribution in [0, 0.1) is 5.41 Å². The van der Waals surface area contributed by atoms with E-state index in [1.54, 1.807) is 32.9 Å². The highest BCUT2D eigenvalue weighted by Crippen LogP contribution is 2.23. The van der Waals surface area contributed by atoms with Gasteiger partial charge in [-0.15, -0.1) is 0 Å². The number of phenolic OH excluding ortho intramolecular Hbond substituents is 1. The van der Waals surface area contributed by atoms with Gasteiger partial charge < -0.3 is 15.2 Å². The van der Waals surface area contributed by atoms with E-state index >= 15 is 0 Å². The van der Waals surface area contributed by atoms with Crippen molar-refractivity contribution in [3.63, 3.8) is 0 Å². The number of amides is 1. The summed E-state index contributed by atoms with van der Waals surface area (Å²) in [6.07, 6.45) is 0. The number of rotatable bonds is 5. The maximum absolute atomic E-state index is 12.2. The lowest BCUT2D eigenvalue weighted by molar-refractivity contribution is -0.123. The van der Waals surface area contributed by atoms with Crippen LogP contribution in [0.4, 0.5) is 5.69 Å². The second-order valence-electron chi connectivity index (χ2n) is 6.94. The fourth-order valence-corrected chi connectivity index (χ4v) is 2.19. The quantitative estimate of drug-likeness (QED) is 0.594. The minimum absolute atomic E-state index is 0.0764. The number of halogens is 1. The molecule has 27 heavy (non-hydrogen) atoms. The Hall–Kier alpha value is -2.86. The standard InChI is InChI=1S/C20H20ClNO5/c1-20(2,3)19(26)22-14-7-4-12(5-8-14)17(24)11-27-18(25)15-9-6-13(21)10-16(15)23/h4-10,23H,11H2,1-3H3,(H,22,26). The summed E-state index contributed by atoms with van der Waals surface area (Å²) in [5.41, 5.74) is 0.287. The summed E-state index contributed by atoms with van der Waals surface area (Å²) < 4.78 is 4.94. The van der Waals surface area contributed by atoms with Crippen molar-refractivity contribution in [1.82, 2.24) is 0 Å². The van der Waals surface area contributed by atoms with Crippen LogP contribution in [-0.2, 0) is 9.53 Å². The van der Waals surface area contributed by atoms with Crippen LogP contribution in [0.5, 0.6) is 5.75 Å². The van der Waals surface area contributed by atoms with Crippen molar-refractivity contribution in [1.29, 1.82) is 0 Å². The molecule has 2 N–H and O–H groups in total. The Morgan fingerprint density at radius 2 is 1.70 bits per heavy atom. The number of hydrogen-bond donors (Lipinski definition) is 2. The van der Waals surface area contributed by atoms with Crippen molar-refractivity contribution < 1.29 is 24.2 Å². The molecule has 7 heteroatoms. The monoisotopic (exact) mass is 389 g/mol. The lowest BCUT2D eigenvalue weighted by Crippen LogP contribution is -2.27. The first kappa shape index (κ1) is 20.5. The summed E-state index contributed by atoms with van der Waals surface area (Å²) in [5, 5.41) is 12.7. The van der Waals surface area contributed by atoms with Crippen LogP contribution in [0.25, 0.3) is 0 Å². The highest BCUT2D eigenvalue weighted by molar-refractivity contribution is 6.30. The van der Waals surface area contributed by atoms with Crippen molar-refractivity contribution in [2.75, 3.05) is 11.9 Å². The summed E-state index contributed by atoms with van der Waals surface area (Å²) in [6, 6.07) is 10.2. The molecule has 2 rings (SSSR count). The predicted octanol–water partition coefficient (Wildman–Crippen LogP) is 4.07. The summed E-state index contributed by atoms with van der Waals surface area (Å²) in [4.78, 5) is 36.1. The van der Waals surface area contributed by atoms with Crippen molar-refractivity contribution in [2.24, 2.45) is 5.41 Å². The molecule has 0 aromatic heterocycles. The highest BCUT2D eigenvalue weighted by atomic mass is 35.5. The molecule has 6 nitrogen and oxygen atoms in total. The van der Waals surface area contributed by atoms with Crippen LogP contribution < -0.4 is 5.32 Å². The zero-order valence-electron chi connectivity index (χ0n) is 15.2. The van der Waals surface area contributed by atoms with E-state index in [4.69, 9.17) is 16.3 Å². The lowest BCUT2D eigenvalue weighted by atomic mass is 9.95. The molecule has 0 radical (unpaired) electrons. The summed E-state index contributed by atoms with van der Waals surface area (Å²) in [6.45, 7) is 4.92. The first-order valence-corrected chi connectivity index (χ1v) is 8.56. The average Bonchev–Trinajstić information content (AvgIpc) is 2.59. The number of ketones is 1. The van der Waals surface area contributed by atoms with Crippen LogP contribution in [-0.4, -0.2) is 29.4 Å². The van der Waals surface area contributed by atoms with Gasteiger partial charge in [0.05, 0.1) is 0 Å². The van der Waals surface area contributed by atoms with Gasteiger partial charge in [0.2, 0.25) is 5.91 Å². The maximum Gasteiger partial charge on any atom is 0.342 e. The molecule has 0 bridgehead atoms. The van der Waals surface area contributed by atoms with E-state index in [1.807, 2.05) is 0 Å². The molecule has 0 saturated carbocycles. The Bertz CT molecular complexity index is 869. The van der Waals surface area contributed by atoms with Gasteiger partial charge in [0.25, 0.3) is 0 Å². The van der Waals surface area contributed by atoms with Crippen LogP contribution in [0.15, 0.2) is 42.5 Å². The van der Waals surface area contributed by atoms with Gasteiger partial charge in [0.1, 0.15) is 11.3 Å². The van der Waals surface area contributed by atoms with Gasteiger partial charge in [-0.25, -0.2) is 4.79 Å². The fraction of sp³-hybridized carbons (Fsp3) is 0.250. The van der Waals surface area contributed by atoms with Gasteiger partial charge in [0, 0.05) is 21.7 Å². The summed E-state index contributed by atoms with van der Waals surface area (Å²) in [5.74, 6) is -1.70. The Morgan fingerprint density at radius 1 is 1.07 bits per heavy atom. The van der Waals surface area contributed by atoms with Crippen molar-refractivity contribution >= 4 is 34.9 Å². The largest absolute Gasteiger partial charge is 0.507 e. The number of Topliss-reactive ketones (excluding diaryl/α,β-unsaturated/α-hetero) is 1. The van der Waals surface area contributed by atoms with E-state index in [2.05, 4.69) is 5.32 Å². The van der Waals surface area contributed by atoms with Gasteiger partial charge in [-0.1, -0.05) is 32.4 Å². The third-order valence-electron chi connectivity index (χ3n) is 3.66. The lowest BCUT2D eigenvalue weighted by Gasteiger charge is -2.17. The Balaban J connectivity index is 1.96. The molecule has 0 heterocycles. The Labute approximate surface area is 162 Å². The molecule has 0 aliphatic carbocycles. The van der Waals surface area contributed by atoms with E-state index in [1.165, 1.54) is 30.3 Å². The number of anilines is 1. The SMILES string of the molecule is CC(C)(C)C(=O)Nc1ccc(C(=O)COC(=O)c2ccc(Cl)cc2O)cc1. The fourth-order valence-electron chi connectivity index (χ4n) is 2.03. The number of benzene rings is 2. The minimum Gasteiger partial charge on any atom is -0.507 e. The number of ether oxygens (including phenoxy) is 1. The van der Waals surface area contributed by atoms with E-state index < -0.39 is 23.8 Å². The molecular weight excluding hydrogens is 370 g/mol. The number of hydrogen-bond acceptors (Lipinski definition) is 5. The molecule has 0 aliphatic heterocycles. The van der Waals surface area contributed by atoms with Gasteiger partial charge in [-0.2, -0.15) is 0 Å². The molecule has 0 fully saturated rings. The molecule has 142 valence electrons. The number of carbonyl (C=O) groups excluding carboxylic acids is 3. The van der Waals surface area contributed by atoms with E-state index in [9.17, 15) is 19.5 Å². The first-order chi connectivity index (χ1) is 12.6. The second-order valence-corrected chi connectivity index (χ2v) is 7.38. The van der Waals surface area contributed by atoms with Gasteiger partial charge in [-0.3, -0.25) is 9.59 Å². The molecule has 0 unspecified atom stereocenters. The van der Waals surface area contributed by atoms with Gasteiger partial charge in [0.15, 0.2) is 12.4 Å². The zero-order chi connectivity index (χ0) is 20.2. The van der Waals surface area contributed by atoms with E-state index in [-0.39, 0.29) is 22.2 Å². The molecule has 2 aromatic rings. The molecule has 0 aliphatic rings. The van der Waals surface area contributed by atoms with Crippen molar-refractivity contribution in [2.45, 2.75) is 20.8 Å².